The number of rotatable bonds is 8. The van der Waals surface area contributed by atoms with Gasteiger partial charge in [0.15, 0.2) is 25.0 Å². The van der Waals surface area contributed by atoms with Crippen molar-refractivity contribution in [2.45, 2.75) is 89.3 Å². The van der Waals surface area contributed by atoms with Crippen LogP contribution in [-0.4, -0.2) is 72.3 Å². The van der Waals surface area contributed by atoms with Crippen molar-refractivity contribution in [3.05, 3.63) is 114 Å². The van der Waals surface area contributed by atoms with Gasteiger partial charge in [0, 0.05) is 60.0 Å². The van der Waals surface area contributed by atoms with E-state index in [1.807, 2.05) is 86.3 Å². The number of pyridine rings is 1. The number of ether oxygens (including phenoxy) is 5. The number of nitrogens with zero attached hydrogens (tertiary/aromatic N) is 1. The van der Waals surface area contributed by atoms with Gasteiger partial charge in [-0.1, -0.05) is 74.6 Å². The molecule has 1 aromatic heterocycles. The van der Waals surface area contributed by atoms with Crippen LogP contribution in [-0.2, 0) is 39.8 Å². The molecule has 1 aromatic carbocycles. The smallest absolute Gasteiger partial charge is 0.339 e. The summed E-state index contributed by atoms with van der Waals surface area (Å²) in [4.78, 5) is 40.8. The summed E-state index contributed by atoms with van der Waals surface area (Å²) in [5.41, 5.74) is 1.66. The molecule has 52 heavy (non-hydrogen) atoms. The number of hydrogen-bond donors (Lipinski definition) is 1. The molecule has 0 radical (unpaired) electrons. The predicted octanol–water partition coefficient (Wildman–Crippen LogP) is 4.85. The molecule has 10 heteroatoms. The monoisotopic (exact) mass is 710 g/mol. The summed E-state index contributed by atoms with van der Waals surface area (Å²) in [5, 5.41) is 12.0. The standard InChI is InChI=1S/C42H48NO9/c1-24-21-25(2)42-30(17-18-32-34(42)35(44)26(3)37(38(32)52-42)51-39(45)28-13-7-8-14-28)22-33(48-5)41(47)50-36(24)27(4)49-40(46)31-16-10-9-15-29(31)23-43-19-11-6-12-20-43/h6-13,15-21,24,26-27,30,32-38,44H,14,22-23H2,1-5H3/q+1/b25-21+/t24-,26-,27-,30?,32-,33+,34+,35-,36+,37-,38-,42+/m1/s1. The van der Waals surface area contributed by atoms with E-state index in [2.05, 4.69) is 12.2 Å². The van der Waals surface area contributed by atoms with Gasteiger partial charge in [-0.15, -0.1) is 0 Å². The number of benzene rings is 1. The van der Waals surface area contributed by atoms with Crippen molar-refractivity contribution in [2.75, 3.05) is 7.11 Å². The number of esters is 3. The maximum atomic E-state index is 13.8. The lowest BCUT2D eigenvalue weighted by atomic mass is 9.57. The molecule has 0 amide bonds. The van der Waals surface area contributed by atoms with Crippen LogP contribution in [0.15, 0.2) is 102 Å². The second kappa shape index (κ2) is 14.6. The first-order valence-corrected chi connectivity index (χ1v) is 18.3. The van der Waals surface area contributed by atoms with Gasteiger partial charge in [-0.2, -0.15) is 0 Å². The molecule has 1 N–H and O–H groups in total. The van der Waals surface area contributed by atoms with E-state index in [-0.39, 0.29) is 24.2 Å². The molecule has 1 saturated carbocycles. The normalized spacial score (nSPS) is 36.5. The number of hydrogen-bond acceptors (Lipinski definition) is 9. The number of cyclic esters (lactones) is 1. The number of aliphatic hydroxyl groups excluding tert-OH is 1. The molecule has 5 aliphatic rings. The Morgan fingerprint density at radius 2 is 1.85 bits per heavy atom. The summed E-state index contributed by atoms with van der Waals surface area (Å²) in [6, 6.07) is 13.1. The topological polar surface area (TPSA) is 121 Å². The lowest BCUT2D eigenvalue weighted by Crippen LogP contribution is -2.57. The minimum Gasteiger partial charge on any atom is -0.456 e. The van der Waals surface area contributed by atoms with Crippen molar-refractivity contribution < 1.29 is 47.7 Å². The van der Waals surface area contributed by atoms with E-state index in [0.29, 0.717) is 24.1 Å². The largest absolute Gasteiger partial charge is 0.456 e. The summed E-state index contributed by atoms with van der Waals surface area (Å²) in [6.07, 6.45) is 11.6. The van der Waals surface area contributed by atoms with E-state index >= 15 is 0 Å². The zero-order chi connectivity index (χ0) is 36.7. The van der Waals surface area contributed by atoms with Crippen LogP contribution in [0.1, 0.15) is 56.5 Å². The summed E-state index contributed by atoms with van der Waals surface area (Å²) >= 11 is 0. The van der Waals surface area contributed by atoms with Gasteiger partial charge in [0.25, 0.3) is 0 Å². The molecular formula is C42H48NO9+. The van der Waals surface area contributed by atoms with Crippen LogP contribution in [0, 0.1) is 29.6 Å². The molecule has 1 unspecified atom stereocenters. The van der Waals surface area contributed by atoms with Crippen molar-refractivity contribution in [1.82, 2.24) is 0 Å². The minimum atomic E-state index is -1.01. The number of carbonyl (C=O) groups is 3. The first kappa shape index (κ1) is 36.0. The molecule has 4 bridgehead atoms. The van der Waals surface area contributed by atoms with Crippen molar-refractivity contribution in [3.8, 4) is 0 Å². The Labute approximate surface area is 304 Å². The maximum absolute atomic E-state index is 13.8. The fraction of sp³-hybridized carbons (Fsp3) is 0.476. The van der Waals surface area contributed by atoms with E-state index in [1.165, 1.54) is 7.11 Å². The summed E-state index contributed by atoms with van der Waals surface area (Å²) in [5.74, 6) is -3.22. The van der Waals surface area contributed by atoms with E-state index in [9.17, 15) is 19.5 Å². The predicted molar refractivity (Wildman–Crippen MR) is 189 cm³/mol. The van der Waals surface area contributed by atoms with E-state index in [0.717, 1.165) is 11.1 Å². The number of aromatic nitrogens is 1. The number of methoxy groups -OCH3 is 1. The first-order chi connectivity index (χ1) is 25.0. The van der Waals surface area contributed by atoms with Gasteiger partial charge >= 0.3 is 17.9 Å². The van der Waals surface area contributed by atoms with Crippen LogP contribution < -0.4 is 4.57 Å². The lowest BCUT2D eigenvalue weighted by Gasteiger charge is -2.49. The quantitative estimate of drug-likeness (QED) is 0.178. The Bertz CT molecular complexity index is 1820. The maximum Gasteiger partial charge on any atom is 0.339 e. The highest BCUT2D eigenvalue weighted by atomic mass is 16.6. The number of aliphatic hydroxyl groups is 1. The van der Waals surface area contributed by atoms with Crippen LogP contribution in [0.2, 0.25) is 0 Å². The van der Waals surface area contributed by atoms with Gasteiger partial charge < -0.3 is 28.8 Å². The molecule has 274 valence electrons. The molecule has 2 aliphatic heterocycles. The third-order valence-corrected chi connectivity index (χ3v) is 11.8. The average Bonchev–Trinajstić information content (AvgIpc) is 3.74. The van der Waals surface area contributed by atoms with Gasteiger partial charge in [0.05, 0.1) is 11.7 Å². The Morgan fingerprint density at radius 1 is 1.08 bits per heavy atom. The van der Waals surface area contributed by atoms with Gasteiger partial charge in [0.1, 0.15) is 30.0 Å². The number of carbonyl (C=O) groups excluding carboxylic acids is 3. The molecule has 12 atom stereocenters. The minimum absolute atomic E-state index is 0.213. The van der Waals surface area contributed by atoms with Crippen LogP contribution in [0.3, 0.4) is 0 Å². The second-order valence-electron chi connectivity index (χ2n) is 14.9. The van der Waals surface area contributed by atoms with Crippen LogP contribution >= 0.6 is 0 Å². The van der Waals surface area contributed by atoms with E-state index in [1.54, 1.807) is 25.1 Å². The second-order valence-corrected chi connectivity index (χ2v) is 14.9. The van der Waals surface area contributed by atoms with Crippen LogP contribution in [0.4, 0.5) is 0 Å². The Morgan fingerprint density at radius 3 is 2.58 bits per heavy atom. The average molecular weight is 711 g/mol. The fourth-order valence-electron chi connectivity index (χ4n) is 9.18. The van der Waals surface area contributed by atoms with Gasteiger partial charge in [0.2, 0.25) is 0 Å². The highest BCUT2D eigenvalue weighted by Gasteiger charge is 2.69. The van der Waals surface area contributed by atoms with Crippen molar-refractivity contribution >= 4 is 17.9 Å². The zero-order valence-electron chi connectivity index (χ0n) is 30.3. The molecule has 2 fully saturated rings. The summed E-state index contributed by atoms with van der Waals surface area (Å²) < 4.78 is 33.2. The third-order valence-electron chi connectivity index (χ3n) is 11.8. The van der Waals surface area contributed by atoms with Crippen LogP contribution in [0.25, 0.3) is 0 Å². The Balaban J connectivity index is 1.18. The number of allylic oxidation sites excluding steroid dienone is 3. The zero-order valence-corrected chi connectivity index (χ0v) is 30.3. The first-order valence-electron chi connectivity index (χ1n) is 18.3. The molecule has 1 spiro atoms. The summed E-state index contributed by atoms with van der Waals surface area (Å²) in [7, 11) is 1.47. The molecule has 2 aromatic rings. The van der Waals surface area contributed by atoms with Crippen molar-refractivity contribution in [2.24, 2.45) is 29.6 Å². The van der Waals surface area contributed by atoms with Gasteiger partial charge in [-0.05, 0) is 38.3 Å². The Kier molecular flexibility index (Phi) is 10.1. The third kappa shape index (κ3) is 6.35. The van der Waals surface area contributed by atoms with E-state index < -0.39 is 72.0 Å². The highest BCUT2D eigenvalue weighted by molar-refractivity contribution is 5.91. The molecule has 7 rings (SSSR count). The molecule has 3 heterocycles. The summed E-state index contributed by atoms with van der Waals surface area (Å²) in [6.45, 7) is 8.03. The van der Waals surface area contributed by atoms with Gasteiger partial charge in [-0.25, -0.2) is 19.0 Å². The highest BCUT2D eigenvalue weighted by Crippen LogP contribution is 2.61. The molecule has 1 saturated heterocycles. The molecule has 10 nitrogen and oxygen atoms in total. The van der Waals surface area contributed by atoms with E-state index in [4.69, 9.17) is 23.7 Å². The lowest BCUT2D eigenvalue weighted by molar-refractivity contribution is -0.688. The molecule has 3 aliphatic carbocycles. The Hall–Kier alpha value is -4.38. The molecular weight excluding hydrogens is 662 g/mol. The SMILES string of the molecule is CO[C@H]1CC2C=C[C@H]3[C@H]4O[C@]2(/C(C)=C/[C@@H](C)[C@@H]([C@@H](C)OC(=O)c2ccccc2C[n+]2ccccc2)OC1=O)[C@@H]3[C@H](O)[C@@H](C)[C@H]4OC(=O)C1=CC=CC1. The van der Waals surface area contributed by atoms with Crippen molar-refractivity contribution in [1.29, 1.82) is 0 Å². The van der Waals surface area contributed by atoms with Gasteiger partial charge in [-0.3, -0.25) is 0 Å². The van der Waals surface area contributed by atoms with Crippen LogP contribution in [0.5, 0.6) is 0 Å². The van der Waals surface area contributed by atoms with Crippen molar-refractivity contribution in [3.63, 3.8) is 0 Å². The fourth-order valence-corrected chi connectivity index (χ4v) is 9.18.